The first-order valence-corrected chi connectivity index (χ1v) is 7.38. The van der Waals surface area contributed by atoms with Gasteiger partial charge in [0.05, 0.1) is 18.4 Å². The molecule has 1 unspecified atom stereocenters. The average molecular weight is 282 g/mol. The minimum Gasteiger partial charge on any atom is -0.481 e. The minimum absolute atomic E-state index is 0.154. The summed E-state index contributed by atoms with van der Waals surface area (Å²) in [6, 6.07) is 0. The third-order valence-electron chi connectivity index (χ3n) is 3.79. The van der Waals surface area contributed by atoms with E-state index in [2.05, 4.69) is 10.3 Å². The fourth-order valence-electron chi connectivity index (χ4n) is 2.67. The third kappa shape index (κ3) is 3.32. The Hall–Kier alpha value is -1.43. The van der Waals surface area contributed by atoms with Crippen LogP contribution >= 0.6 is 11.3 Å². The zero-order valence-electron chi connectivity index (χ0n) is 10.8. The first-order valence-electron chi connectivity index (χ1n) is 6.50. The number of carbonyl (C=O) groups is 2. The zero-order valence-corrected chi connectivity index (χ0v) is 11.7. The molecule has 0 aliphatic heterocycles. The minimum atomic E-state index is -0.856. The predicted octanol–water partition coefficient (Wildman–Crippen LogP) is 1.90. The van der Waals surface area contributed by atoms with Crippen LogP contribution in [0.5, 0.6) is 0 Å². The number of nitrogens with one attached hydrogen (secondary N) is 1. The molecule has 1 aliphatic carbocycles. The third-order valence-corrected chi connectivity index (χ3v) is 4.57. The van der Waals surface area contributed by atoms with E-state index in [0.717, 1.165) is 11.4 Å². The molecule has 2 N–H and O–H groups in total. The number of hydrogen-bond acceptors (Lipinski definition) is 4. The Morgan fingerprint density at radius 1 is 1.47 bits per heavy atom. The summed E-state index contributed by atoms with van der Waals surface area (Å²) in [5.74, 6) is -1.61. The number of aromatic nitrogens is 1. The molecule has 0 spiro atoms. The summed E-state index contributed by atoms with van der Waals surface area (Å²) in [6.45, 7) is 2.43. The van der Waals surface area contributed by atoms with Gasteiger partial charge in [0.25, 0.3) is 0 Å². The lowest BCUT2D eigenvalue weighted by Crippen LogP contribution is -2.34. The van der Waals surface area contributed by atoms with Crippen molar-refractivity contribution < 1.29 is 14.7 Å². The van der Waals surface area contributed by atoms with Gasteiger partial charge < -0.3 is 10.4 Å². The molecule has 1 saturated carbocycles. The predicted molar refractivity (Wildman–Crippen MR) is 71.6 cm³/mol. The van der Waals surface area contributed by atoms with Crippen molar-refractivity contribution in [1.82, 2.24) is 10.3 Å². The van der Waals surface area contributed by atoms with Crippen molar-refractivity contribution in [2.24, 2.45) is 17.8 Å². The lowest BCUT2D eigenvalue weighted by atomic mass is 9.95. The van der Waals surface area contributed by atoms with Gasteiger partial charge >= 0.3 is 5.97 Å². The fourth-order valence-corrected chi connectivity index (χ4v) is 3.23. The largest absolute Gasteiger partial charge is 0.481 e. The van der Waals surface area contributed by atoms with Gasteiger partial charge in [0, 0.05) is 11.6 Å². The van der Waals surface area contributed by atoms with Gasteiger partial charge in [-0.25, -0.2) is 4.98 Å². The van der Waals surface area contributed by atoms with Gasteiger partial charge in [0.2, 0.25) is 5.91 Å². The van der Waals surface area contributed by atoms with Gasteiger partial charge in [-0.2, -0.15) is 0 Å². The normalized spacial score (nSPS) is 26.3. The number of nitrogens with zero attached hydrogens (tertiary/aromatic N) is 1. The van der Waals surface area contributed by atoms with Crippen molar-refractivity contribution in [3.05, 3.63) is 16.6 Å². The van der Waals surface area contributed by atoms with Gasteiger partial charge in [-0.15, -0.1) is 11.3 Å². The molecule has 5 nitrogen and oxygen atoms in total. The second-order valence-corrected chi connectivity index (χ2v) is 5.92. The van der Waals surface area contributed by atoms with E-state index in [1.54, 1.807) is 6.20 Å². The van der Waals surface area contributed by atoms with Crippen LogP contribution in [0.4, 0.5) is 0 Å². The molecular weight excluding hydrogens is 264 g/mol. The first kappa shape index (κ1) is 14.0. The van der Waals surface area contributed by atoms with Crippen molar-refractivity contribution in [2.45, 2.75) is 32.7 Å². The second-order valence-electron chi connectivity index (χ2n) is 4.94. The molecule has 1 fully saturated rings. The number of carboxylic acids is 1. The molecule has 0 bridgehead atoms. The molecule has 1 amide bonds. The summed E-state index contributed by atoms with van der Waals surface area (Å²) in [5, 5.41) is 14.7. The molecule has 0 saturated heterocycles. The van der Waals surface area contributed by atoms with Crippen molar-refractivity contribution >= 4 is 23.2 Å². The summed E-state index contributed by atoms with van der Waals surface area (Å²) in [7, 11) is 0. The Morgan fingerprint density at radius 3 is 2.79 bits per heavy atom. The number of amides is 1. The molecule has 1 aromatic heterocycles. The molecule has 2 rings (SSSR count). The number of aliphatic carboxylic acids is 1. The van der Waals surface area contributed by atoms with Crippen LogP contribution in [0.25, 0.3) is 0 Å². The van der Waals surface area contributed by atoms with E-state index < -0.39 is 17.8 Å². The van der Waals surface area contributed by atoms with Crippen molar-refractivity contribution in [2.75, 3.05) is 0 Å². The summed E-state index contributed by atoms with van der Waals surface area (Å²) in [6.07, 6.45) is 3.91. The van der Waals surface area contributed by atoms with Crippen LogP contribution < -0.4 is 5.32 Å². The number of thiazole rings is 1. The molecule has 1 heterocycles. The van der Waals surface area contributed by atoms with Crippen LogP contribution in [0.2, 0.25) is 0 Å². The maximum absolute atomic E-state index is 12.1. The summed E-state index contributed by atoms with van der Waals surface area (Å²) in [5.41, 5.74) is 0. The van der Waals surface area contributed by atoms with E-state index in [1.807, 2.05) is 12.3 Å². The lowest BCUT2D eigenvalue weighted by Gasteiger charge is -2.14. The smallest absolute Gasteiger partial charge is 0.307 e. The van der Waals surface area contributed by atoms with E-state index in [-0.39, 0.29) is 5.91 Å². The highest BCUT2D eigenvalue weighted by Crippen LogP contribution is 2.38. The SMILES string of the molecule is CCC1C[C@H](C(=O)NCc2nccs2)[C@H](C(=O)O)C1. The highest BCUT2D eigenvalue weighted by Gasteiger charge is 2.41. The topological polar surface area (TPSA) is 79.3 Å². The zero-order chi connectivity index (χ0) is 13.8. The summed E-state index contributed by atoms with van der Waals surface area (Å²) >= 11 is 1.48. The number of rotatable bonds is 5. The molecule has 6 heteroatoms. The van der Waals surface area contributed by atoms with Crippen LogP contribution in [-0.4, -0.2) is 22.0 Å². The Balaban J connectivity index is 1.94. The molecule has 3 atom stereocenters. The number of hydrogen-bond donors (Lipinski definition) is 2. The van der Waals surface area contributed by atoms with Gasteiger partial charge in [-0.05, 0) is 18.8 Å². The molecule has 19 heavy (non-hydrogen) atoms. The van der Waals surface area contributed by atoms with Crippen molar-refractivity contribution in [3.8, 4) is 0 Å². The summed E-state index contributed by atoms with van der Waals surface area (Å²) < 4.78 is 0. The van der Waals surface area contributed by atoms with Crippen LogP contribution in [0, 0.1) is 17.8 Å². The lowest BCUT2D eigenvalue weighted by molar-refractivity contribution is -0.146. The van der Waals surface area contributed by atoms with E-state index in [4.69, 9.17) is 0 Å². The highest BCUT2D eigenvalue weighted by molar-refractivity contribution is 7.09. The van der Waals surface area contributed by atoms with Crippen LogP contribution in [0.15, 0.2) is 11.6 Å². The van der Waals surface area contributed by atoms with Crippen LogP contribution in [0.1, 0.15) is 31.2 Å². The molecule has 1 aromatic rings. The summed E-state index contributed by atoms with van der Waals surface area (Å²) in [4.78, 5) is 27.4. The Kier molecular flexibility index (Phi) is 4.52. The fraction of sp³-hybridized carbons (Fsp3) is 0.615. The molecule has 1 aliphatic rings. The maximum Gasteiger partial charge on any atom is 0.307 e. The Bertz CT molecular complexity index is 447. The van der Waals surface area contributed by atoms with Gasteiger partial charge in [-0.1, -0.05) is 13.3 Å². The average Bonchev–Trinajstić information content (AvgIpc) is 3.04. The van der Waals surface area contributed by atoms with Gasteiger partial charge in [-0.3, -0.25) is 9.59 Å². The van der Waals surface area contributed by atoms with E-state index >= 15 is 0 Å². The van der Waals surface area contributed by atoms with Crippen molar-refractivity contribution in [3.63, 3.8) is 0 Å². The van der Waals surface area contributed by atoms with Crippen LogP contribution in [0.3, 0.4) is 0 Å². The quantitative estimate of drug-likeness (QED) is 0.864. The molecule has 104 valence electrons. The van der Waals surface area contributed by atoms with Gasteiger partial charge in [0.1, 0.15) is 5.01 Å². The molecular formula is C13H18N2O3S. The Morgan fingerprint density at radius 2 is 2.21 bits per heavy atom. The maximum atomic E-state index is 12.1. The molecule has 0 aromatic carbocycles. The Labute approximate surface area is 116 Å². The monoisotopic (exact) mass is 282 g/mol. The standard InChI is InChI=1S/C13H18N2O3S/c1-2-8-5-9(10(6-8)13(17)18)12(16)15-7-11-14-3-4-19-11/h3-4,8-10H,2,5-7H2,1H3,(H,15,16)(H,17,18)/t8?,9-,10+/m0/s1. The first-order chi connectivity index (χ1) is 9.11. The second kappa shape index (κ2) is 6.14. The van der Waals surface area contributed by atoms with E-state index in [0.29, 0.717) is 25.3 Å². The van der Waals surface area contributed by atoms with Crippen molar-refractivity contribution in [1.29, 1.82) is 0 Å². The van der Waals surface area contributed by atoms with Gasteiger partial charge in [0.15, 0.2) is 0 Å². The van der Waals surface area contributed by atoms with Crippen LogP contribution in [-0.2, 0) is 16.1 Å². The highest BCUT2D eigenvalue weighted by atomic mass is 32.1. The van der Waals surface area contributed by atoms with E-state index in [9.17, 15) is 14.7 Å². The van der Waals surface area contributed by atoms with E-state index in [1.165, 1.54) is 11.3 Å². The molecule has 0 radical (unpaired) electrons. The number of carbonyl (C=O) groups excluding carboxylic acids is 1. The number of carboxylic acid groups (broad SMARTS) is 1.